The van der Waals surface area contributed by atoms with Gasteiger partial charge in [0.15, 0.2) is 5.78 Å². The van der Waals surface area contributed by atoms with Crippen LogP contribution in [0.3, 0.4) is 0 Å². The Bertz CT molecular complexity index is 1320. The number of para-hydroxylation sites is 1. The van der Waals surface area contributed by atoms with E-state index in [-0.39, 0.29) is 41.5 Å². The lowest BCUT2D eigenvalue weighted by Crippen LogP contribution is -2.49. The van der Waals surface area contributed by atoms with Gasteiger partial charge < -0.3 is 10.6 Å². The standard InChI is InChI=1S/C32H33N3O2/c1-20-18-19-33-29(20)30-24-14-9-15-25(28(24)22-12-5-7-16-26(22)34-30)31(36)23-13-6-8-17-27(23)35-32(37)21-10-3-2-4-11-21/h2-5,7,10-12,15-16,18-19,23-24,27-28,30,34H,1,6,8-9,13-14,17H2,(H,35,37)/t23-,24+,27+,28+,30-/m0/s1. The van der Waals surface area contributed by atoms with Crippen molar-refractivity contribution in [1.82, 2.24) is 5.32 Å². The van der Waals surface area contributed by atoms with E-state index >= 15 is 0 Å². The minimum absolute atomic E-state index is 0.00667. The van der Waals surface area contributed by atoms with Crippen LogP contribution >= 0.6 is 0 Å². The van der Waals surface area contributed by atoms with E-state index in [1.54, 1.807) is 0 Å². The number of Topliss-reactive ketones (excluding diaryl/α,β-unsaturated/α-hetero) is 1. The zero-order valence-electron chi connectivity index (χ0n) is 21.0. The number of nitrogens with one attached hydrogen (secondary N) is 2. The molecular weight excluding hydrogens is 458 g/mol. The van der Waals surface area contributed by atoms with Crippen molar-refractivity contribution >= 4 is 23.1 Å². The fourth-order valence-corrected chi connectivity index (χ4v) is 6.74. The molecule has 2 aromatic carbocycles. The summed E-state index contributed by atoms with van der Waals surface area (Å²) in [5.74, 6) is 0.127. The summed E-state index contributed by atoms with van der Waals surface area (Å²) in [6.07, 6.45) is 11.5. The Morgan fingerprint density at radius 3 is 2.57 bits per heavy atom. The van der Waals surface area contributed by atoms with Crippen molar-refractivity contribution in [3.05, 3.63) is 102 Å². The van der Waals surface area contributed by atoms with Gasteiger partial charge in [0.1, 0.15) is 0 Å². The summed E-state index contributed by atoms with van der Waals surface area (Å²) < 4.78 is 0. The van der Waals surface area contributed by atoms with Gasteiger partial charge in [-0.3, -0.25) is 14.6 Å². The quantitative estimate of drug-likeness (QED) is 0.540. The number of rotatable bonds is 5. The van der Waals surface area contributed by atoms with Crippen molar-refractivity contribution in [2.75, 3.05) is 5.32 Å². The molecule has 188 valence electrons. The Labute approximate surface area is 218 Å². The predicted molar refractivity (Wildman–Crippen MR) is 148 cm³/mol. The lowest BCUT2D eigenvalue weighted by atomic mass is 9.64. The molecule has 0 saturated heterocycles. The zero-order chi connectivity index (χ0) is 25.4. The lowest BCUT2D eigenvalue weighted by Gasteiger charge is -2.44. The molecule has 0 bridgehead atoms. The number of benzene rings is 2. The number of aliphatic imine (C=N–C) groups is 1. The van der Waals surface area contributed by atoms with Gasteiger partial charge in [0.2, 0.25) is 0 Å². The summed E-state index contributed by atoms with van der Waals surface area (Å²) >= 11 is 0. The van der Waals surface area contributed by atoms with E-state index in [9.17, 15) is 9.59 Å². The maximum absolute atomic E-state index is 14.3. The van der Waals surface area contributed by atoms with Gasteiger partial charge in [-0.05, 0) is 72.6 Å². The van der Waals surface area contributed by atoms with Crippen molar-refractivity contribution in [1.29, 1.82) is 0 Å². The molecule has 37 heavy (non-hydrogen) atoms. The number of amides is 1. The maximum Gasteiger partial charge on any atom is 0.251 e. The molecule has 2 aliphatic carbocycles. The highest BCUT2D eigenvalue weighted by atomic mass is 16.2. The van der Waals surface area contributed by atoms with Gasteiger partial charge in [0.25, 0.3) is 5.91 Å². The fraction of sp³-hybridized carbons (Fsp3) is 0.344. The minimum atomic E-state index is -0.202. The molecule has 6 rings (SSSR count). The van der Waals surface area contributed by atoms with Crippen LogP contribution in [-0.2, 0) is 4.79 Å². The third-order valence-electron chi connectivity index (χ3n) is 8.52. The third kappa shape index (κ3) is 4.37. The van der Waals surface area contributed by atoms with Crippen molar-refractivity contribution in [2.45, 2.75) is 56.5 Å². The molecular formula is C32H33N3O2. The molecule has 1 saturated carbocycles. The molecule has 2 N–H and O–H groups in total. The predicted octanol–water partition coefficient (Wildman–Crippen LogP) is 5.98. The summed E-state index contributed by atoms with van der Waals surface area (Å²) in [6, 6.07) is 17.5. The van der Waals surface area contributed by atoms with Gasteiger partial charge in [0, 0.05) is 35.3 Å². The molecule has 1 amide bonds. The minimum Gasteiger partial charge on any atom is -0.376 e. The largest absolute Gasteiger partial charge is 0.376 e. The highest BCUT2D eigenvalue weighted by Crippen LogP contribution is 2.49. The smallest absolute Gasteiger partial charge is 0.251 e. The molecule has 2 aromatic rings. The lowest BCUT2D eigenvalue weighted by molar-refractivity contribution is -0.121. The van der Waals surface area contributed by atoms with Crippen molar-refractivity contribution in [3.63, 3.8) is 0 Å². The van der Waals surface area contributed by atoms with Crippen LogP contribution in [-0.4, -0.2) is 29.5 Å². The Kier molecular flexibility index (Phi) is 6.37. The average molecular weight is 492 g/mol. The van der Waals surface area contributed by atoms with Gasteiger partial charge in [0.05, 0.1) is 11.8 Å². The summed E-state index contributed by atoms with van der Waals surface area (Å²) in [6.45, 7) is 4.22. The first-order chi connectivity index (χ1) is 18.1. The molecule has 2 aliphatic heterocycles. The Morgan fingerprint density at radius 1 is 0.973 bits per heavy atom. The van der Waals surface area contributed by atoms with Gasteiger partial charge in [-0.2, -0.15) is 0 Å². The Morgan fingerprint density at radius 2 is 1.76 bits per heavy atom. The molecule has 0 unspecified atom stereocenters. The van der Waals surface area contributed by atoms with Crippen LogP contribution in [0.25, 0.3) is 0 Å². The summed E-state index contributed by atoms with van der Waals surface area (Å²) in [5, 5.41) is 6.95. The number of anilines is 1. The molecule has 0 radical (unpaired) electrons. The fourth-order valence-electron chi connectivity index (χ4n) is 6.74. The first kappa shape index (κ1) is 23.7. The highest BCUT2D eigenvalue weighted by Gasteiger charge is 2.46. The SMILES string of the molecule is C=C1C=CN=C1[C@H]1Nc2ccccc2[C@H]2C(C(=O)[C@H]3CCCC[C@H]3NC(=O)c3ccccc3)=CCC[C@@H]12. The van der Waals surface area contributed by atoms with Gasteiger partial charge in [-0.25, -0.2) is 0 Å². The molecule has 1 fully saturated rings. The first-order valence-corrected chi connectivity index (χ1v) is 13.5. The molecule has 0 aromatic heterocycles. The van der Waals surface area contributed by atoms with Crippen LogP contribution in [0.15, 0.2) is 95.7 Å². The van der Waals surface area contributed by atoms with E-state index < -0.39 is 0 Å². The van der Waals surface area contributed by atoms with Gasteiger partial charge in [-0.15, -0.1) is 0 Å². The number of ketones is 1. The third-order valence-corrected chi connectivity index (χ3v) is 8.52. The summed E-state index contributed by atoms with van der Waals surface area (Å²) in [4.78, 5) is 32.0. The first-order valence-electron chi connectivity index (χ1n) is 13.5. The van der Waals surface area contributed by atoms with Crippen LogP contribution in [0.1, 0.15) is 60.4 Å². The number of nitrogens with zero attached hydrogens (tertiary/aromatic N) is 1. The van der Waals surface area contributed by atoms with Crippen LogP contribution < -0.4 is 10.6 Å². The van der Waals surface area contributed by atoms with Crippen LogP contribution in [0.4, 0.5) is 5.69 Å². The van der Waals surface area contributed by atoms with E-state index in [4.69, 9.17) is 0 Å². The van der Waals surface area contributed by atoms with E-state index in [2.05, 4.69) is 46.5 Å². The summed E-state index contributed by atoms with van der Waals surface area (Å²) in [5.41, 5.74) is 5.71. The Balaban J connectivity index is 1.31. The molecule has 5 heteroatoms. The molecule has 0 spiro atoms. The van der Waals surface area contributed by atoms with Crippen molar-refractivity contribution < 1.29 is 9.59 Å². The van der Waals surface area contributed by atoms with Crippen molar-refractivity contribution in [3.8, 4) is 0 Å². The zero-order valence-corrected chi connectivity index (χ0v) is 21.0. The number of allylic oxidation sites excluding steroid dienone is 3. The van der Waals surface area contributed by atoms with Crippen LogP contribution in [0.5, 0.6) is 0 Å². The molecule has 5 nitrogen and oxygen atoms in total. The topological polar surface area (TPSA) is 70.6 Å². The molecule has 4 aliphatic rings. The monoisotopic (exact) mass is 491 g/mol. The average Bonchev–Trinajstić information content (AvgIpc) is 3.38. The van der Waals surface area contributed by atoms with E-state index in [0.29, 0.717) is 5.56 Å². The second-order valence-corrected chi connectivity index (χ2v) is 10.6. The molecule has 5 atom stereocenters. The van der Waals surface area contributed by atoms with Crippen molar-refractivity contribution in [2.24, 2.45) is 16.8 Å². The number of hydrogen-bond donors (Lipinski definition) is 2. The second-order valence-electron chi connectivity index (χ2n) is 10.6. The van der Waals surface area contributed by atoms with Gasteiger partial charge >= 0.3 is 0 Å². The molecule has 2 heterocycles. The van der Waals surface area contributed by atoms with Gasteiger partial charge in [-0.1, -0.05) is 61.9 Å². The number of hydrogen-bond acceptors (Lipinski definition) is 4. The number of fused-ring (bicyclic) bond motifs is 3. The Hall–Kier alpha value is -3.73. The van der Waals surface area contributed by atoms with E-state index in [1.807, 2.05) is 48.7 Å². The number of carbonyl (C=O) groups excluding carboxylic acids is 2. The van der Waals surface area contributed by atoms with Crippen LogP contribution in [0, 0.1) is 11.8 Å². The van der Waals surface area contributed by atoms with Crippen LogP contribution in [0.2, 0.25) is 0 Å². The van der Waals surface area contributed by atoms with E-state index in [1.165, 1.54) is 5.56 Å². The second kappa shape index (κ2) is 9.97. The summed E-state index contributed by atoms with van der Waals surface area (Å²) in [7, 11) is 0. The maximum atomic E-state index is 14.3. The normalized spacial score (nSPS) is 28.3. The van der Waals surface area contributed by atoms with E-state index in [0.717, 1.165) is 61.1 Å². The highest BCUT2D eigenvalue weighted by molar-refractivity contribution is 6.10. The number of carbonyl (C=O) groups is 2.